The molecule has 0 aromatic carbocycles. The van der Waals surface area contributed by atoms with Crippen molar-refractivity contribution in [2.75, 3.05) is 5.73 Å². The van der Waals surface area contributed by atoms with E-state index in [4.69, 9.17) is 5.73 Å². The molecule has 1 heterocycles. The lowest BCUT2D eigenvalue weighted by Gasteiger charge is -1.80. The van der Waals surface area contributed by atoms with E-state index in [1.54, 1.807) is 7.05 Å². The van der Waals surface area contributed by atoms with Gasteiger partial charge in [0.2, 0.25) is 0 Å². The second kappa shape index (κ2) is 1.40. The summed E-state index contributed by atoms with van der Waals surface area (Å²) in [5.41, 5.74) is 5.20. The van der Waals surface area contributed by atoms with Gasteiger partial charge in [0, 0.05) is 13.2 Å². The molecule has 0 atom stereocenters. The molecule has 1 rings (SSSR count). The molecule has 1 aromatic rings. The highest BCUT2D eigenvalue weighted by Crippen LogP contribution is 1.84. The van der Waals surface area contributed by atoms with Gasteiger partial charge in [0.15, 0.2) is 0 Å². The highest BCUT2D eigenvalue weighted by molar-refractivity contribution is 5.30. The number of rotatable bonds is 0. The Morgan fingerprint density at radius 2 is 2.50 bits per heavy atom. The van der Waals surface area contributed by atoms with Crippen LogP contribution in [0.5, 0.6) is 0 Å². The van der Waals surface area contributed by atoms with Gasteiger partial charge in [-0.1, -0.05) is 0 Å². The quantitative estimate of drug-likeness (QED) is 0.467. The van der Waals surface area contributed by atoms with Gasteiger partial charge in [0.25, 0.3) is 5.56 Å². The van der Waals surface area contributed by atoms with Crippen LogP contribution in [0.1, 0.15) is 0 Å². The van der Waals surface area contributed by atoms with Crippen LogP contribution in [-0.2, 0) is 7.05 Å². The van der Waals surface area contributed by atoms with Gasteiger partial charge in [-0.2, -0.15) is 0 Å². The molecule has 8 heavy (non-hydrogen) atoms. The lowest BCUT2D eigenvalue weighted by Crippen LogP contribution is -2.05. The maximum Gasteiger partial charge on any atom is 0.287 e. The molecule has 4 nitrogen and oxygen atoms in total. The standard InChI is InChI=1S/C4H7N3O/c1-7-2-3(5)4(8)6-7/h2H,5H2,1H3,(H,6,8). The molecule has 0 aliphatic carbocycles. The molecule has 0 saturated carbocycles. The number of aromatic amines is 1. The third kappa shape index (κ3) is 0.598. The Hall–Kier alpha value is -1.19. The van der Waals surface area contributed by atoms with Crippen molar-refractivity contribution in [3.05, 3.63) is 16.6 Å². The first-order chi connectivity index (χ1) is 3.70. The monoisotopic (exact) mass is 113 g/mol. The number of hydrogen-bond acceptors (Lipinski definition) is 2. The molecular formula is C4H7N3O. The summed E-state index contributed by atoms with van der Waals surface area (Å²) in [6.07, 6.45) is 1.53. The fraction of sp³-hybridized carbons (Fsp3) is 0.250. The SMILES string of the molecule is Cn1cc(N)c(=O)[nH]1. The highest BCUT2D eigenvalue weighted by atomic mass is 16.1. The van der Waals surface area contributed by atoms with Gasteiger partial charge >= 0.3 is 0 Å². The van der Waals surface area contributed by atoms with Crippen molar-refractivity contribution in [2.45, 2.75) is 0 Å². The number of hydrogen-bond donors (Lipinski definition) is 2. The zero-order valence-corrected chi connectivity index (χ0v) is 4.51. The van der Waals surface area contributed by atoms with E-state index in [1.807, 2.05) is 0 Å². The van der Waals surface area contributed by atoms with Crippen molar-refractivity contribution < 1.29 is 0 Å². The molecule has 0 aliphatic rings. The smallest absolute Gasteiger partial charge is 0.287 e. The van der Waals surface area contributed by atoms with Gasteiger partial charge in [0.1, 0.15) is 5.69 Å². The topological polar surface area (TPSA) is 63.8 Å². The Balaban J connectivity index is 3.35. The summed E-state index contributed by atoms with van der Waals surface area (Å²) in [5, 5.41) is 2.44. The largest absolute Gasteiger partial charge is 0.393 e. The van der Waals surface area contributed by atoms with E-state index >= 15 is 0 Å². The molecule has 0 bridgehead atoms. The molecule has 0 amide bonds. The van der Waals surface area contributed by atoms with Crippen molar-refractivity contribution in [1.29, 1.82) is 0 Å². The van der Waals surface area contributed by atoms with Crippen molar-refractivity contribution >= 4 is 5.69 Å². The summed E-state index contributed by atoms with van der Waals surface area (Å²) < 4.78 is 1.51. The van der Waals surface area contributed by atoms with Gasteiger partial charge in [-0.05, 0) is 0 Å². The first kappa shape index (κ1) is 4.96. The zero-order valence-electron chi connectivity index (χ0n) is 4.51. The molecule has 0 spiro atoms. The molecule has 0 aliphatic heterocycles. The van der Waals surface area contributed by atoms with Crippen LogP contribution < -0.4 is 11.3 Å². The van der Waals surface area contributed by atoms with E-state index in [-0.39, 0.29) is 11.2 Å². The van der Waals surface area contributed by atoms with Crippen LogP contribution in [0, 0.1) is 0 Å². The molecular weight excluding hydrogens is 106 g/mol. The molecule has 3 N–H and O–H groups in total. The van der Waals surface area contributed by atoms with Gasteiger partial charge in [-0.15, -0.1) is 0 Å². The van der Waals surface area contributed by atoms with E-state index < -0.39 is 0 Å². The number of nitrogens with one attached hydrogen (secondary N) is 1. The van der Waals surface area contributed by atoms with Crippen molar-refractivity contribution in [3.8, 4) is 0 Å². The molecule has 44 valence electrons. The third-order valence-electron chi connectivity index (χ3n) is 0.873. The van der Waals surface area contributed by atoms with Gasteiger partial charge in [-0.3, -0.25) is 14.6 Å². The summed E-state index contributed by atoms with van der Waals surface area (Å²) in [7, 11) is 1.71. The van der Waals surface area contributed by atoms with E-state index in [0.29, 0.717) is 0 Å². The predicted octanol–water partition coefficient (Wildman–Crippen LogP) is -0.704. The van der Waals surface area contributed by atoms with Gasteiger partial charge < -0.3 is 5.73 Å². The zero-order chi connectivity index (χ0) is 6.15. The van der Waals surface area contributed by atoms with E-state index in [0.717, 1.165) is 0 Å². The molecule has 1 aromatic heterocycles. The minimum atomic E-state index is -0.229. The number of aromatic nitrogens is 2. The van der Waals surface area contributed by atoms with Crippen LogP contribution in [0.3, 0.4) is 0 Å². The van der Waals surface area contributed by atoms with Crippen LogP contribution in [0.15, 0.2) is 11.0 Å². The maximum atomic E-state index is 10.4. The van der Waals surface area contributed by atoms with Crippen LogP contribution in [0.25, 0.3) is 0 Å². The lowest BCUT2D eigenvalue weighted by atomic mass is 10.6. The molecule has 0 unspecified atom stereocenters. The number of anilines is 1. The minimum Gasteiger partial charge on any atom is -0.393 e. The third-order valence-corrected chi connectivity index (χ3v) is 0.873. The van der Waals surface area contributed by atoms with Crippen molar-refractivity contribution in [3.63, 3.8) is 0 Å². The molecule has 0 saturated heterocycles. The van der Waals surface area contributed by atoms with E-state index in [9.17, 15) is 4.79 Å². The lowest BCUT2D eigenvalue weighted by molar-refractivity contribution is 0.756. The van der Waals surface area contributed by atoms with Crippen LogP contribution in [0.2, 0.25) is 0 Å². The second-order valence-corrected chi connectivity index (χ2v) is 1.64. The molecule has 0 radical (unpaired) electrons. The Bertz CT molecular complexity index is 234. The average Bonchev–Trinajstić information content (AvgIpc) is 1.85. The van der Waals surface area contributed by atoms with Gasteiger partial charge in [-0.25, -0.2) is 0 Å². The Kier molecular flexibility index (Phi) is 0.865. The van der Waals surface area contributed by atoms with Crippen molar-refractivity contribution in [2.24, 2.45) is 7.05 Å². The fourth-order valence-electron chi connectivity index (χ4n) is 0.524. The minimum absolute atomic E-state index is 0.229. The summed E-state index contributed by atoms with van der Waals surface area (Å²) >= 11 is 0. The Morgan fingerprint density at radius 1 is 1.88 bits per heavy atom. The number of H-pyrrole nitrogens is 1. The normalized spacial score (nSPS) is 9.62. The average molecular weight is 113 g/mol. The molecule has 4 heteroatoms. The number of nitrogens with zero attached hydrogens (tertiary/aromatic N) is 1. The van der Waals surface area contributed by atoms with Crippen LogP contribution >= 0.6 is 0 Å². The van der Waals surface area contributed by atoms with E-state index in [2.05, 4.69) is 5.10 Å². The van der Waals surface area contributed by atoms with Gasteiger partial charge in [0.05, 0.1) is 0 Å². The summed E-state index contributed by atoms with van der Waals surface area (Å²) in [5.74, 6) is 0. The maximum absolute atomic E-state index is 10.4. The number of nitrogens with two attached hydrogens (primary N) is 1. The summed E-state index contributed by atoms with van der Waals surface area (Å²) in [6.45, 7) is 0. The van der Waals surface area contributed by atoms with Crippen LogP contribution in [-0.4, -0.2) is 9.78 Å². The number of nitrogen functional groups attached to an aromatic ring is 1. The number of aryl methyl sites for hydroxylation is 1. The fourth-order valence-corrected chi connectivity index (χ4v) is 0.524. The summed E-state index contributed by atoms with van der Waals surface area (Å²) in [6, 6.07) is 0. The second-order valence-electron chi connectivity index (χ2n) is 1.64. The summed E-state index contributed by atoms with van der Waals surface area (Å²) in [4.78, 5) is 10.4. The highest BCUT2D eigenvalue weighted by Gasteiger charge is 1.91. The Morgan fingerprint density at radius 3 is 2.62 bits per heavy atom. The van der Waals surface area contributed by atoms with Crippen LogP contribution in [0.4, 0.5) is 5.69 Å². The van der Waals surface area contributed by atoms with Crippen molar-refractivity contribution in [1.82, 2.24) is 9.78 Å². The first-order valence-corrected chi connectivity index (χ1v) is 2.21. The Labute approximate surface area is 45.9 Å². The van der Waals surface area contributed by atoms with E-state index in [1.165, 1.54) is 10.9 Å². The first-order valence-electron chi connectivity index (χ1n) is 2.21. The predicted molar refractivity (Wildman–Crippen MR) is 30.4 cm³/mol. The molecule has 0 fully saturated rings.